The Labute approximate surface area is 121 Å². The number of nitrogens with zero attached hydrogens (tertiary/aromatic N) is 1. The van der Waals surface area contributed by atoms with Crippen LogP contribution in [0.4, 0.5) is 14.5 Å². The van der Waals surface area contributed by atoms with Crippen molar-refractivity contribution in [3.63, 3.8) is 0 Å². The fourth-order valence-corrected chi connectivity index (χ4v) is 2.00. The van der Waals surface area contributed by atoms with Gasteiger partial charge in [-0.1, -0.05) is 30.3 Å². The zero-order chi connectivity index (χ0) is 15.3. The van der Waals surface area contributed by atoms with E-state index in [9.17, 15) is 14.0 Å². The molecule has 0 aliphatic heterocycles. The summed E-state index contributed by atoms with van der Waals surface area (Å²) in [6.45, 7) is 0. The van der Waals surface area contributed by atoms with E-state index in [1.165, 1.54) is 19.2 Å². The van der Waals surface area contributed by atoms with Gasteiger partial charge in [0.05, 0.1) is 7.11 Å². The van der Waals surface area contributed by atoms with Crippen LogP contribution in [0.25, 0.3) is 0 Å². The van der Waals surface area contributed by atoms with Gasteiger partial charge in [0.1, 0.15) is 11.8 Å². The maximum atomic E-state index is 13.6. The van der Waals surface area contributed by atoms with Crippen LogP contribution in [-0.2, 0) is 5.54 Å². The normalized spacial score (nSPS) is 13.3. The molecule has 0 heterocycles. The molecule has 0 unspecified atom stereocenters. The van der Waals surface area contributed by atoms with Crippen molar-refractivity contribution in [3.8, 4) is 11.8 Å². The zero-order valence-corrected chi connectivity index (χ0v) is 11.4. The number of methoxy groups -OCH3 is 1. The molecular weight excluding hydrogens is 274 g/mol. The Balaban J connectivity index is 2.39. The van der Waals surface area contributed by atoms with Crippen LogP contribution in [0, 0.1) is 11.3 Å². The van der Waals surface area contributed by atoms with Crippen LogP contribution in [0.2, 0.25) is 0 Å². The van der Waals surface area contributed by atoms with E-state index in [2.05, 4.69) is 5.32 Å². The van der Waals surface area contributed by atoms with E-state index in [1.54, 1.807) is 48.5 Å². The van der Waals surface area contributed by atoms with Crippen LogP contribution >= 0.6 is 0 Å². The molecule has 2 rings (SSSR count). The Morgan fingerprint density at radius 1 is 1.10 bits per heavy atom. The largest absolute Gasteiger partial charge is 0.497 e. The number of ether oxygens (including phenoxy) is 1. The molecule has 0 amide bonds. The van der Waals surface area contributed by atoms with Gasteiger partial charge in [0.25, 0.3) is 6.43 Å². The SMILES string of the molecule is COc1ccc(N[C@@](C#N)(c2ccccc2)C(F)F)cc1. The number of halogens is 2. The first-order chi connectivity index (χ1) is 10.1. The van der Waals surface area contributed by atoms with E-state index in [1.807, 2.05) is 0 Å². The third kappa shape index (κ3) is 2.95. The molecule has 0 radical (unpaired) electrons. The van der Waals surface area contributed by atoms with Gasteiger partial charge in [0.2, 0.25) is 5.54 Å². The highest BCUT2D eigenvalue weighted by atomic mass is 19.3. The summed E-state index contributed by atoms with van der Waals surface area (Å²) in [5, 5.41) is 12.0. The molecule has 0 aliphatic carbocycles. The Morgan fingerprint density at radius 2 is 1.71 bits per heavy atom. The number of hydrogen-bond acceptors (Lipinski definition) is 3. The maximum Gasteiger partial charge on any atom is 0.278 e. The lowest BCUT2D eigenvalue weighted by Gasteiger charge is -2.28. The lowest BCUT2D eigenvalue weighted by molar-refractivity contribution is 0.0928. The Bertz CT molecular complexity index is 623. The van der Waals surface area contributed by atoms with Gasteiger partial charge in [-0.15, -0.1) is 0 Å². The summed E-state index contributed by atoms with van der Waals surface area (Å²) in [5.41, 5.74) is -1.45. The number of anilines is 1. The summed E-state index contributed by atoms with van der Waals surface area (Å²) in [4.78, 5) is 0. The van der Waals surface area contributed by atoms with Crippen LogP contribution in [-0.4, -0.2) is 13.5 Å². The third-order valence-electron chi connectivity index (χ3n) is 3.16. The molecule has 1 N–H and O–H groups in total. The summed E-state index contributed by atoms with van der Waals surface area (Å²) >= 11 is 0. The molecule has 0 saturated carbocycles. The van der Waals surface area contributed by atoms with Crippen molar-refractivity contribution in [2.75, 3.05) is 12.4 Å². The van der Waals surface area contributed by atoms with Crippen molar-refractivity contribution < 1.29 is 13.5 Å². The summed E-state index contributed by atoms with van der Waals surface area (Å²) in [7, 11) is 1.52. The molecule has 108 valence electrons. The summed E-state index contributed by atoms with van der Waals surface area (Å²) in [5.74, 6) is 0.611. The zero-order valence-electron chi connectivity index (χ0n) is 11.4. The third-order valence-corrected chi connectivity index (χ3v) is 3.16. The van der Waals surface area contributed by atoms with Crippen LogP contribution in [0.3, 0.4) is 0 Å². The number of hydrogen-bond donors (Lipinski definition) is 1. The lowest BCUT2D eigenvalue weighted by Crippen LogP contribution is -2.41. The van der Waals surface area contributed by atoms with E-state index < -0.39 is 12.0 Å². The van der Waals surface area contributed by atoms with Crippen LogP contribution in [0.15, 0.2) is 54.6 Å². The summed E-state index contributed by atoms with van der Waals surface area (Å²) in [6, 6.07) is 16.2. The second-order valence-corrected chi connectivity index (χ2v) is 4.44. The highest BCUT2D eigenvalue weighted by molar-refractivity contribution is 5.53. The minimum absolute atomic E-state index is 0.221. The predicted octanol–water partition coefficient (Wildman–Crippen LogP) is 3.79. The highest BCUT2D eigenvalue weighted by Crippen LogP contribution is 2.32. The van der Waals surface area contributed by atoms with E-state index in [0.717, 1.165) is 0 Å². The van der Waals surface area contributed by atoms with Gasteiger partial charge in [0, 0.05) is 5.69 Å². The van der Waals surface area contributed by atoms with Crippen LogP contribution < -0.4 is 10.1 Å². The molecule has 0 spiro atoms. The van der Waals surface area contributed by atoms with Gasteiger partial charge < -0.3 is 10.1 Å². The maximum absolute atomic E-state index is 13.6. The topological polar surface area (TPSA) is 45.0 Å². The van der Waals surface area contributed by atoms with E-state index in [0.29, 0.717) is 11.4 Å². The molecule has 0 aromatic heterocycles. The van der Waals surface area contributed by atoms with Gasteiger partial charge in [-0.25, -0.2) is 8.78 Å². The molecule has 2 aromatic carbocycles. The van der Waals surface area contributed by atoms with Crippen molar-refractivity contribution in [3.05, 3.63) is 60.2 Å². The van der Waals surface area contributed by atoms with Gasteiger partial charge >= 0.3 is 0 Å². The molecule has 0 fully saturated rings. The molecule has 1 atom stereocenters. The Hall–Kier alpha value is -2.61. The molecular formula is C16H14F2N2O. The van der Waals surface area contributed by atoms with Gasteiger partial charge in [-0.05, 0) is 29.8 Å². The highest BCUT2D eigenvalue weighted by Gasteiger charge is 2.42. The van der Waals surface area contributed by atoms with Crippen molar-refractivity contribution in [1.82, 2.24) is 0 Å². The smallest absolute Gasteiger partial charge is 0.278 e. The molecule has 0 bridgehead atoms. The molecule has 2 aromatic rings. The summed E-state index contributed by atoms with van der Waals surface area (Å²) < 4.78 is 32.1. The minimum atomic E-state index is -2.88. The van der Waals surface area contributed by atoms with Crippen molar-refractivity contribution in [2.45, 2.75) is 12.0 Å². The van der Waals surface area contributed by atoms with Gasteiger partial charge in [-0.2, -0.15) is 5.26 Å². The number of benzene rings is 2. The van der Waals surface area contributed by atoms with Gasteiger partial charge in [0.15, 0.2) is 0 Å². The fourth-order valence-electron chi connectivity index (χ4n) is 2.00. The van der Waals surface area contributed by atoms with Crippen molar-refractivity contribution >= 4 is 5.69 Å². The number of alkyl halides is 2. The Morgan fingerprint density at radius 3 is 2.19 bits per heavy atom. The first-order valence-corrected chi connectivity index (χ1v) is 6.29. The van der Waals surface area contributed by atoms with Crippen LogP contribution in [0.5, 0.6) is 5.75 Å². The van der Waals surface area contributed by atoms with Crippen molar-refractivity contribution in [2.24, 2.45) is 0 Å². The average Bonchev–Trinajstić information content (AvgIpc) is 2.54. The lowest BCUT2D eigenvalue weighted by atomic mass is 9.91. The van der Waals surface area contributed by atoms with E-state index in [4.69, 9.17) is 4.74 Å². The quantitative estimate of drug-likeness (QED) is 0.910. The first kappa shape index (κ1) is 14.8. The number of nitriles is 1. The van der Waals surface area contributed by atoms with Crippen LogP contribution in [0.1, 0.15) is 5.56 Å². The Kier molecular flexibility index (Phi) is 4.39. The number of rotatable bonds is 5. The fraction of sp³-hybridized carbons (Fsp3) is 0.188. The molecule has 3 nitrogen and oxygen atoms in total. The monoisotopic (exact) mass is 288 g/mol. The number of nitrogens with one attached hydrogen (secondary N) is 1. The average molecular weight is 288 g/mol. The molecule has 0 aliphatic rings. The second-order valence-electron chi connectivity index (χ2n) is 4.44. The first-order valence-electron chi connectivity index (χ1n) is 6.29. The molecule has 21 heavy (non-hydrogen) atoms. The second kappa shape index (κ2) is 6.23. The van der Waals surface area contributed by atoms with E-state index in [-0.39, 0.29) is 5.56 Å². The summed E-state index contributed by atoms with van der Waals surface area (Å²) in [6.07, 6.45) is -2.88. The predicted molar refractivity (Wildman–Crippen MR) is 76.4 cm³/mol. The standard InChI is InChI=1S/C16H14F2N2O/c1-21-14-9-7-13(8-10-14)20-16(11-19,15(17)18)12-5-3-2-4-6-12/h2-10,15,20H,1H3/t16-/m0/s1. The minimum Gasteiger partial charge on any atom is -0.497 e. The van der Waals surface area contributed by atoms with Crippen molar-refractivity contribution in [1.29, 1.82) is 5.26 Å². The van der Waals surface area contributed by atoms with E-state index >= 15 is 0 Å². The molecule has 0 saturated heterocycles. The molecule has 5 heteroatoms. The van der Waals surface area contributed by atoms with Gasteiger partial charge in [-0.3, -0.25) is 0 Å².